The molecule has 0 aromatic carbocycles. The van der Waals surface area contributed by atoms with Crippen LogP contribution in [0.3, 0.4) is 0 Å². The first-order chi connectivity index (χ1) is 7.99. The zero-order chi connectivity index (χ0) is 12.6. The topological polar surface area (TPSA) is 33.2 Å². The Bertz CT molecular complexity index is 441. The van der Waals surface area contributed by atoms with Crippen LogP contribution in [0, 0.1) is 0 Å². The van der Waals surface area contributed by atoms with E-state index in [4.69, 9.17) is 11.6 Å². The lowest BCUT2D eigenvalue weighted by Crippen LogP contribution is -2.28. The Balaban J connectivity index is 2.27. The summed E-state index contributed by atoms with van der Waals surface area (Å²) < 4.78 is 0. The molecule has 1 aromatic heterocycles. The monoisotopic (exact) mass is 252 g/mol. The quantitative estimate of drug-likeness (QED) is 0.775. The Morgan fingerprint density at radius 2 is 2.12 bits per heavy atom. The van der Waals surface area contributed by atoms with Crippen molar-refractivity contribution in [2.75, 3.05) is 7.05 Å². The van der Waals surface area contributed by atoms with Gasteiger partial charge in [0.15, 0.2) is 0 Å². The molecule has 1 saturated carbocycles. The third kappa shape index (κ3) is 2.78. The molecular weight excluding hydrogens is 236 g/mol. The highest BCUT2D eigenvalue weighted by atomic mass is 35.5. The number of carbonyl (C=O) groups excluding carboxylic acids is 1. The van der Waals surface area contributed by atoms with Crippen molar-refractivity contribution in [1.29, 1.82) is 0 Å². The molecular formula is C13H17ClN2O. The Hall–Kier alpha value is -1.09. The number of rotatable bonds is 3. The van der Waals surface area contributed by atoms with Crippen LogP contribution in [0.1, 0.15) is 48.7 Å². The predicted molar refractivity (Wildman–Crippen MR) is 68.5 cm³/mol. The maximum Gasteiger partial charge on any atom is 0.254 e. The van der Waals surface area contributed by atoms with E-state index in [9.17, 15) is 4.79 Å². The van der Waals surface area contributed by atoms with Crippen molar-refractivity contribution in [3.8, 4) is 0 Å². The molecule has 0 atom stereocenters. The van der Waals surface area contributed by atoms with Crippen molar-refractivity contribution < 1.29 is 4.79 Å². The van der Waals surface area contributed by atoms with Gasteiger partial charge < -0.3 is 4.90 Å². The van der Waals surface area contributed by atoms with Crippen molar-refractivity contribution in [1.82, 2.24) is 9.88 Å². The second kappa shape index (κ2) is 4.65. The highest BCUT2D eigenvalue weighted by molar-refractivity contribution is 6.29. The molecule has 0 aliphatic heterocycles. The molecule has 0 saturated heterocycles. The highest BCUT2D eigenvalue weighted by Crippen LogP contribution is 2.27. The van der Waals surface area contributed by atoms with E-state index in [2.05, 4.69) is 4.98 Å². The summed E-state index contributed by atoms with van der Waals surface area (Å²) in [5.74, 6) is 0.310. The maximum absolute atomic E-state index is 12.2. The van der Waals surface area contributed by atoms with Gasteiger partial charge in [-0.3, -0.25) is 4.79 Å². The third-order valence-electron chi connectivity index (χ3n) is 3.07. The number of hydrogen-bond donors (Lipinski definition) is 0. The smallest absolute Gasteiger partial charge is 0.254 e. The van der Waals surface area contributed by atoms with Crippen molar-refractivity contribution in [3.63, 3.8) is 0 Å². The van der Waals surface area contributed by atoms with Gasteiger partial charge in [-0.15, -0.1) is 0 Å². The van der Waals surface area contributed by atoms with Gasteiger partial charge in [0, 0.05) is 24.3 Å². The Morgan fingerprint density at radius 1 is 1.47 bits per heavy atom. The first-order valence-electron chi connectivity index (χ1n) is 5.93. The van der Waals surface area contributed by atoms with Crippen LogP contribution < -0.4 is 0 Å². The van der Waals surface area contributed by atoms with Crippen molar-refractivity contribution in [2.45, 2.75) is 38.6 Å². The fourth-order valence-electron chi connectivity index (χ4n) is 1.77. The summed E-state index contributed by atoms with van der Waals surface area (Å²) in [6, 6.07) is 3.91. The number of amides is 1. The van der Waals surface area contributed by atoms with Crippen LogP contribution in [-0.2, 0) is 0 Å². The van der Waals surface area contributed by atoms with E-state index in [1.807, 2.05) is 27.0 Å². The molecule has 17 heavy (non-hydrogen) atoms. The van der Waals surface area contributed by atoms with Crippen LogP contribution >= 0.6 is 11.6 Å². The van der Waals surface area contributed by atoms with E-state index in [1.54, 1.807) is 11.0 Å². The van der Waals surface area contributed by atoms with Crippen molar-refractivity contribution in [2.24, 2.45) is 0 Å². The van der Waals surface area contributed by atoms with Crippen LogP contribution in [0.5, 0.6) is 0 Å². The lowest BCUT2D eigenvalue weighted by Gasteiger charge is -2.17. The van der Waals surface area contributed by atoms with E-state index < -0.39 is 0 Å². The molecule has 1 aliphatic carbocycles. The van der Waals surface area contributed by atoms with Gasteiger partial charge >= 0.3 is 0 Å². The Labute approximate surface area is 107 Å². The van der Waals surface area contributed by atoms with Crippen LogP contribution in [0.15, 0.2) is 12.1 Å². The highest BCUT2D eigenvalue weighted by Gasteiger charge is 2.30. The molecule has 1 fully saturated rings. The first kappa shape index (κ1) is 12.4. The van der Waals surface area contributed by atoms with Gasteiger partial charge in [-0.1, -0.05) is 25.4 Å². The molecule has 2 rings (SSSR count). The minimum Gasteiger partial charge on any atom is -0.339 e. The molecule has 1 amide bonds. The summed E-state index contributed by atoms with van der Waals surface area (Å²) in [6.45, 7) is 4.08. The SMILES string of the molecule is CC(C)c1cc(C(=O)N(C)C2CC2)cc(Cl)n1. The molecule has 0 unspecified atom stereocenters. The van der Waals surface area contributed by atoms with Crippen LogP contribution in [0.4, 0.5) is 0 Å². The van der Waals surface area contributed by atoms with Crippen LogP contribution in [-0.4, -0.2) is 28.9 Å². The molecule has 0 N–H and O–H groups in total. The molecule has 4 heteroatoms. The van der Waals surface area contributed by atoms with Gasteiger partial charge in [0.1, 0.15) is 5.15 Å². The molecule has 1 aromatic rings. The zero-order valence-electron chi connectivity index (χ0n) is 10.4. The maximum atomic E-state index is 12.2. The molecule has 1 heterocycles. The van der Waals surface area contributed by atoms with Gasteiger partial charge in [0.05, 0.1) is 0 Å². The van der Waals surface area contributed by atoms with Gasteiger partial charge in [0.2, 0.25) is 0 Å². The van der Waals surface area contributed by atoms with Gasteiger partial charge in [-0.2, -0.15) is 0 Å². The Kier molecular flexibility index (Phi) is 3.38. The zero-order valence-corrected chi connectivity index (χ0v) is 11.2. The number of carbonyl (C=O) groups is 1. The summed E-state index contributed by atoms with van der Waals surface area (Å²) in [5, 5.41) is 0.392. The van der Waals surface area contributed by atoms with E-state index in [0.29, 0.717) is 16.8 Å². The average Bonchev–Trinajstić information content (AvgIpc) is 3.10. The summed E-state index contributed by atoms with van der Waals surface area (Å²) in [7, 11) is 1.85. The number of pyridine rings is 1. The van der Waals surface area contributed by atoms with Crippen LogP contribution in [0.2, 0.25) is 5.15 Å². The van der Waals surface area contributed by atoms with Crippen LogP contribution in [0.25, 0.3) is 0 Å². The largest absolute Gasteiger partial charge is 0.339 e. The third-order valence-corrected chi connectivity index (χ3v) is 3.26. The second-order valence-electron chi connectivity index (χ2n) is 4.91. The number of nitrogens with zero attached hydrogens (tertiary/aromatic N) is 2. The van der Waals surface area contributed by atoms with E-state index in [1.165, 1.54) is 0 Å². The van der Waals surface area contributed by atoms with Gasteiger partial charge in [0.25, 0.3) is 5.91 Å². The van der Waals surface area contributed by atoms with Crippen molar-refractivity contribution in [3.05, 3.63) is 28.5 Å². The summed E-state index contributed by atoms with van der Waals surface area (Å²) >= 11 is 5.96. The predicted octanol–water partition coefficient (Wildman–Crippen LogP) is 3.09. The van der Waals surface area contributed by atoms with Gasteiger partial charge in [-0.05, 0) is 30.9 Å². The van der Waals surface area contributed by atoms with Gasteiger partial charge in [-0.25, -0.2) is 4.98 Å². The summed E-state index contributed by atoms with van der Waals surface area (Å²) in [5.41, 5.74) is 1.51. The summed E-state index contributed by atoms with van der Waals surface area (Å²) in [4.78, 5) is 18.2. The Morgan fingerprint density at radius 3 is 2.65 bits per heavy atom. The average molecular weight is 253 g/mol. The minimum atomic E-state index is 0.0405. The number of aromatic nitrogens is 1. The minimum absolute atomic E-state index is 0.0405. The number of hydrogen-bond acceptors (Lipinski definition) is 2. The fourth-order valence-corrected chi connectivity index (χ4v) is 1.98. The summed E-state index contributed by atoms with van der Waals surface area (Å²) in [6.07, 6.45) is 2.22. The lowest BCUT2D eigenvalue weighted by molar-refractivity contribution is 0.0785. The standard InChI is InChI=1S/C13H17ClN2O/c1-8(2)11-6-9(7-12(14)15-11)13(17)16(3)10-4-5-10/h6-8,10H,4-5H2,1-3H3. The van der Waals surface area contributed by atoms with E-state index in [0.717, 1.165) is 18.5 Å². The van der Waals surface area contributed by atoms with E-state index >= 15 is 0 Å². The normalized spacial score (nSPS) is 15.1. The molecule has 0 spiro atoms. The fraction of sp³-hybridized carbons (Fsp3) is 0.538. The molecule has 3 nitrogen and oxygen atoms in total. The first-order valence-corrected chi connectivity index (χ1v) is 6.31. The van der Waals surface area contributed by atoms with Crippen molar-refractivity contribution >= 4 is 17.5 Å². The molecule has 1 aliphatic rings. The lowest BCUT2D eigenvalue weighted by atomic mass is 10.1. The molecule has 0 radical (unpaired) electrons. The molecule has 92 valence electrons. The number of halogens is 1. The molecule has 0 bridgehead atoms. The van der Waals surface area contributed by atoms with E-state index in [-0.39, 0.29) is 11.8 Å². The second-order valence-corrected chi connectivity index (χ2v) is 5.29.